The molecule has 1 fully saturated rings. The van der Waals surface area contributed by atoms with E-state index < -0.39 is 0 Å². The van der Waals surface area contributed by atoms with Gasteiger partial charge in [-0.3, -0.25) is 14.5 Å². The van der Waals surface area contributed by atoms with Crippen LogP contribution in [0.4, 0.5) is 0 Å². The van der Waals surface area contributed by atoms with Gasteiger partial charge in [0, 0.05) is 10.6 Å². The minimum Gasteiger partial charge on any atom is -0.368 e. The highest BCUT2D eigenvalue weighted by Crippen LogP contribution is 2.23. The summed E-state index contributed by atoms with van der Waals surface area (Å²) < 4.78 is 0. The van der Waals surface area contributed by atoms with Crippen molar-refractivity contribution in [2.45, 2.75) is 25.3 Å². The number of carbonyl (C=O) groups is 2. The van der Waals surface area contributed by atoms with E-state index in [2.05, 4.69) is 0 Å². The third kappa shape index (κ3) is 3.51. The van der Waals surface area contributed by atoms with Crippen LogP contribution >= 0.6 is 23.2 Å². The fourth-order valence-electron chi connectivity index (χ4n) is 2.49. The molecular weight excluding hydrogens is 299 g/mol. The van der Waals surface area contributed by atoms with Gasteiger partial charge in [-0.05, 0) is 37.6 Å². The highest BCUT2D eigenvalue weighted by molar-refractivity contribution is 6.36. The molecule has 0 aliphatic carbocycles. The fraction of sp³-hybridized carbons (Fsp3) is 0.429. The smallest absolute Gasteiger partial charge is 0.234 e. The molecule has 1 aromatic carbocycles. The molecular formula is C14H16Cl2N2O2. The molecule has 0 aromatic heterocycles. The second kappa shape index (κ2) is 6.57. The molecule has 4 nitrogen and oxygen atoms in total. The molecule has 108 valence electrons. The Bertz CT molecular complexity index is 534. The van der Waals surface area contributed by atoms with Gasteiger partial charge in [0.2, 0.25) is 5.91 Å². The predicted octanol–water partition coefficient (Wildman–Crippen LogP) is 2.52. The summed E-state index contributed by atoms with van der Waals surface area (Å²) in [5.41, 5.74) is 5.81. The van der Waals surface area contributed by atoms with Crippen molar-refractivity contribution in [3.05, 3.63) is 33.8 Å². The second-order valence-electron chi connectivity index (χ2n) is 4.93. The summed E-state index contributed by atoms with van der Waals surface area (Å²) in [4.78, 5) is 25.5. The normalized spacial score (nSPS) is 19.8. The Morgan fingerprint density at radius 2 is 2.05 bits per heavy atom. The Morgan fingerprint density at radius 1 is 1.30 bits per heavy atom. The maximum Gasteiger partial charge on any atom is 0.234 e. The molecule has 1 saturated heterocycles. The van der Waals surface area contributed by atoms with E-state index in [1.165, 1.54) is 6.07 Å². The Balaban J connectivity index is 2.11. The van der Waals surface area contributed by atoms with Gasteiger partial charge in [0.05, 0.1) is 17.6 Å². The standard InChI is InChI=1S/C14H16Cl2N2O2/c15-9-4-5-10(11(16)7-9)13(19)8-18-6-2-1-3-12(18)14(17)20/h4-5,7,12H,1-3,6,8H2,(H2,17,20). The number of hydrogen-bond acceptors (Lipinski definition) is 3. The van der Waals surface area contributed by atoms with Crippen LogP contribution in [0.3, 0.4) is 0 Å². The van der Waals surface area contributed by atoms with E-state index in [1.54, 1.807) is 12.1 Å². The first-order chi connectivity index (χ1) is 9.49. The number of ketones is 1. The number of hydrogen-bond donors (Lipinski definition) is 1. The van der Waals surface area contributed by atoms with E-state index in [9.17, 15) is 9.59 Å². The van der Waals surface area contributed by atoms with Gasteiger partial charge in [-0.25, -0.2) is 0 Å². The molecule has 6 heteroatoms. The number of nitrogens with two attached hydrogens (primary N) is 1. The average Bonchev–Trinajstić information content (AvgIpc) is 2.38. The van der Waals surface area contributed by atoms with E-state index in [-0.39, 0.29) is 24.3 Å². The maximum absolute atomic E-state index is 12.3. The maximum atomic E-state index is 12.3. The number of likely N-dealkylation sites (tertiary alicyclic amines) is 1. The van der Waals surface area contributed by atoms with Gasteiger partial charge in [-0.15, -0.1) is 0 Å². The van der Waals surface area contributed by atoms with Crippen molar-refractivity contribution in [2.24, 2.45) is 5.73 Å². The van der Waals surface area contributed by atoms with Crippen molar-refractivity contribution < 1.29 is 9.59 Å². The molecule has 0 bridgehead atoms. The lowest BCUT2D eigenvalue weighted by Crippen LogP contribution is -2.49. The van der Waals surface area contributed by atoms with E-state index in [0.717, 1.165) is 12.8 Å². The number of benzene rings is 1. The van der Waals surface area contributed by atoms with Crippen molar-refractivity contribution in [2.75, 3.05) is 13.1 Å². The number of carbonyl (C=O) groups excluding carboxylic acids is 2. The first-order valence-corrected chi connectivity index (χ1v) is 7.26. The summed E-state index contributed by atoms with van der Waals surface area (Å²) in [6.45, 7) is 0.847. The first-order valence-electron chi connectivity index (χ1n) is 6.50. The number of primary amides is 1. The topological polar surface area (TPSA) is 63.4 Å². The quantitative estimate of drug-likeness (QED) is 0.868. The van der Waals surface area contributed by atoms with Crippen LogP contribution < -0.4 is 5.73 Å². The molecule has 2 N–H and O–H groups in total. The van der Waals surface area contributed by atoms with Crippen molar-refractivity contribution in [3.63, 3.8) is 0 Å². The summed E-state index contributed by atoms with van der Waals surface area (Å²) in [7, 11) is 0. The van der Waals surface area contributed by atoms with Crippen molar-refractivity contribution >= 4 is 34.9 Å². The highest BCUT2D eigenvalue weighted by Gasteiger charge is 2.28. The predicted molar refractivity (Wildman–Crippen MR) is 79.2 cm³/mol. The summed E-state index contributed by atoms with van der Waals surface area (Å²) in [5.74, 6) is -0.500. The van der Waals surface area contributed by atoms with Gasteiger partial charge in [0.1, 0.15) is 0 Å². The molecule has 1 heterocycles. The van der Waals surface area contributed by atoms with Gasteiger partial charge in [0.25, 0.3) is 0 Å². The largest absolute Gasteiger partial charge is 0.368 e. The van der Waals surface area contributed by atoms with Crippen LogP contribution in [0.5, 0.6) is 0 Å². The highest BCUT2D eigenvalue weighted by atomic mass is 35.5. The number of halogens is 2. The molecule has 1 aliphatic heterocycles. The monoisotopic (exact) mass is 314 g/mol. The Hall–Kier alpha value is -1.10. The molecule has 1 amide bonds. The zero-order chi connectivity index (χ0) is 14.7. The van der Waals surface area contributed by atoms with Gasteiger partial charge < -0.3 is 5.73 Å². The Morgan fingerprint density at radius 3 is 2.70 bits per heavy atom. The zero-order valence-electron chi connectivity index (χ0n) is 10.9. The molecule has 0 radical (unpaired) electrons. The van der Waals surface area contributed by atoms with Crippen LogP contribution in [0.25, 0.3) is 0 Å². The molecule has 1 unspecified atom stereocenters. The lowest BCUT2D eigenvalue weighted by atomic mass is 10.0. The number of Topliss-reactive ketones (excluding diaryl/α,β-unsaturated/α-hetero) is 1. The molecule has 1 atom stereocenters. The van der Waals surface area contributed by atoms with Crippen LogP contribution in [-0.4, -0.2) is 35.7 Å². The van der Waals surface area contributed by atoms with Crippen molar-refractivity contribution in [1.82, 2.24) is 4.90 Å². The third-order valence-corrected chi connectivity index (χ3v) is 4.07. The van der Waals surface area contributed by atoms with Gasteiger partial charge >= 0.3 is 0 Å². The minimum atomic E-state index is -0.375. The van der Waals surface area contributed by atoms with Crippen LogP contribution in [0, 0.1) is 0 Å². The van der Waals surface area contributed by atoms with Crippen molar-refractivity contribution in [1.29, 1.82) is 0 Å². The summed E-state index contributed by atoms with van der Waals surface area (Å²) in [6, 6.07) is 4.41. The van der Waals surface area contributed by atoms with Gasteiger partial charge in [-0.2, -0.15) is 0 Å². The fourth-order valence-corrected chi connectivity index (χ4v) is 3.00. The third-order valence-electron chi connectivity index (χ3n) is 3.52. The van der Waals surface area contributed by atoms with Gasteiger partial charge in [0.15, 0.2) is 5.78 Å². The zero-order valence-corrected chi connectivity index (χ0v) is 12.5. The lowest BCUT2D eigenvalue weighted by molar-refractivity contribution is -0.124. The minimum absolute atomic E-state index is 0.125. The molecule has 1 aromatic rings. The van der Waals surface area contributed by atoms with Crippen LogP contribution in [-0.2, 0) is 4.79 Å². The molecule has 20 heavy (non-hydrogen) atoms. The molecule has 0 spiro atoms. The molecule has 0 saturated carbocycles. The van der Waals surface area contributed by atoms with E-state index in [0.29, 0.717) is 28.6 Å². The van der Waals surface area contributed by atoms with E-state index in [4.69, 9.17) is 28.9 Å². The average molecular weight is 315 g/mol. The number of nitrogens with zero attached hydrogens (tertiary/aromatic N) is 1. The summed E-state index contributed by atoms with van der Waals surface area (Å²) in [6.07, 6.45) is 2.63. The lowest BCUT2D eigenvalue weighted by Gasteiger charge is -2.32. The van der Waals surface area contributed by atoms with Crippen molar-refractivity contribution in [3.8, 4) is 0 Å². The summed E-state index contributed by atoms with van der Waals surface area (Å²) >= 11 is 11.8. The Labute approximate surface area is 127 Å². The summed E-state index contributed by atoms with van der Waals surface area (Å²) in [5, 5.41) is 0.815. The SMILES string of the molecule is NC(=O)C1CCCCN1CC(=O)c1ccc(Cl)cc1Cl. The number of amides is 1. The van der Waals surface area contributed by atoms with E-state index >= 15 is 0 Å². The molecule has 2 rings (SSSR count). The second-order valence-corrected chi connectivity index (χ2v) is 5.78. The number of piperidine rings is 1. The van der Waals surface area contributed by atoms with Crippen LogP contribution in [0.15, 0.2) is 18.2 Å². The Kier molecular flexibility index (Phi) is 5.02. The van der Waals surface area contributed by atoms with Crippen LogP contribution in [0.1, 0.15) is 29.6 Å². The van der Waals surface area contributed by atoms with E-state index in [1.807, 2.05) is 4.90 Å². The number of rotatable bonds is 4. The van der Waals surface area contributed by atoms with Gasteiger partial charge in [-0.1, -0.05) is 29.6 Å². The molecule has 1 aliphatic rings. The van der Waals surface area contributed by atoms with Crippen LogP contribution in [0.2, 0.25) is 10.0 Å². The first kappa shape index (κ1) is 15.3.